The molecule has 2 aromatic carbocycles. The molecule has 12 heteroatoms. The van der Waals surface area contributed by atoms with Gasteiger partial charge in [-0.15, -0.1) is 0 Å². The van der Waals surface area contributed by atoms with Crippen molar-refractivity contribution < 1.29 is 35.2 Å². The first kappa shape index (κ1) is 22.1. The lowest BCUT2D eigenvalue weighted by Crippen LogP contribution is -2.28. The van der Waals surface area contributed by atoms with Gasteiger partial charge in [0.05, 0.1) is 21.2 Å². The normalized spacial score (nSPS) is 12.1. The van der Waals surface area contributed by atoms with Crippen LogP contribution in [0.4, 0.5) is 27.6 Å². The van der Waals surface area contributed by atoms with Gasteiger partial charge >= 0.3 is 6.18 Å². The van der Waals surface area contributed by atoms with Gasteiger partial charge in [0, 0.05) is 19.0 Å². The first-order valence-corrected chi connectivity index (χ1v) is 9.37. The second kappa shape index (κ2) is 8.41. The van der Waals surface area contributed by atoms with E-state index in [0.29, 0.717) is 12.1 Å². The highest BCUT2D eigenvalue weighted by atomic mass is 35.5. The number of carbonyl (C=O) groups excluding carboxylic acids is 1. The van der Waals surface area contributed by atoms with Gasteiger partial charge in [0.25, 0.3) is 0 Å². The predicted molar refractivity (Wildman–Crippen MR) is 91.2 cm³/mol. The summed E-state index contributed by atoms with van der Waals surface area (Å²) in [5, 5.41) is 1.46. The standard InChI is InChI=1S/C16H12ClF5N2O3S/c17-12-3-2-10(8-11(12)16(20,21)22)28(26,27)23-6-5-15(25)24-14-4-1-9(18)7-13(14)19/h1-4,7-8,23H,5-6H2,(H,24,25). The predicted octanol–water partition coefficient (Wildman–Crippen LogP) is 3.94. The number of halogens is 6. The van der Waals surface area contributed by atoms with E-state index in [-0.39, 0.29) is 5.69 Å². The number of rotatable bonds is 6. The number of alkyl halides is 3. The summed E-state index contributed by atoms with van der Waals surface area (Å²) in [6.07, 6.45) is -5.29. The Morgan fingerprint density at radius 1 is 1.07 bits per heavy atom. The minimum atomic E-state index is -4.85. The zero-order valence-corrected chi connectivity index (χ0v) is 15.4. The third-order valence-electron chi connectivity index (χ3n) is 3.40. The fraction of sp³-hybridized carbons (Fsp3) is 0.188. The molecule has 0 aliphatic rings. The topological polar surface area (TPSA) is 75.3 Å². The van der Waals surface area contributed by atoms with E-state index in [2.05, 4.69) is 5.32 Å². The second-order valence-corrected chi connectivity index (χ2v) is 7.63. The number of hydrogen-bond donors (Lipinski definition) is 2. The van der Waals surface area contributed by atoms with Gasteiger partial charge in [-0.05, 0) is 30.3 Å². The Bertz CT molecular complexity index is 996. The summed E-state index contributed by atoms with van der Waals surface area (Å²) in [4.78, 5) is 11.0. The van der Waals surface area contributed by atoms with Gasteiger partial charge in [0.15, 0.2) is 0 Å². The lowest BCUT2D eigenvalue weighted by molar-refractivity contribution is -0.137. The zero-order valence-electron chi connectivity index (χ0n) is 13.8. The molecule has 2 N–H and O–H groups in total. The number of amides is 1. The van der Waals surface area contributed by atoms with Crippen molar-refractivity contribution in [3.05, 3.63) is 58.6 Å². The second-order valence-electron chi connectivity index (χ2n) is 5.46. The molecule has 2 aromatic rings. The zero-order chi connectivity index (χ0) is 21.1. The summed E-state index contributed by atoms with van der Waals surface area (Å²) in [5.74, 6) is -2.65. The van der Waals surface area contributed by atoms with Crippen molar-refractivity contribution >= 4 is 33.2 Å². The van der Waals surface area contributed by atoms with Crippen molar-refractivity contribution in [2.45, 2.75) is 17.5 Å². The highest BCUT2D eigenvalue weighted by Gasteiger charge is 2.34. The van der Waals surface area contributed by atoms with Crippen LogP contribution in [0.5, 0.6) is 0 Å². The smallest absolute Gasteiger partial charge is 0.324 e. The SMILES string of the molecule is O=C(CCNS(=O)(=O)c1ccc(Cl)c(C(F)(F)F)c1)Nc1ccc(F)cc1F. The van der Waals surface area contributed by atoms with Crippen LogP contribution in [0, 0.1) is 11.6 Å². The number of sulfonamides is 1. The average Bonchev–Trinajstić information content (AvgIpc) is 2.56. The molecule has 28 heavy (non-hydrogen) atoms. The van der Waals surface area contributed by atoms with Crippen molar-refractivity contribution in [2.75, 3.05) is 11.9 Å². The quantitative estimate of drug-likeness (QED) is 0.665. The van der Waals surface area contributed by atoms with Gasteiger partial charge < -0.3 is 5.32 Å². The van der Waals surface area contributed by atoms with E-state index in [0.717, 1.165) is 24.3 Å². The molecule has 0 saturated heterocycles. The molecule has 0 saturated carbocycles. The summed E-state index contributed by atoms with van der Waals surface area (Å²) in [6, 6.07) is 4.51. The van der Waals surface area contributed by atoms with Crippen molar-refractivity contribution in [3.63, 3.8) is 0 Å². The van der Waals surface area contributed by atoms with Gasteiger partial charge in [-0.25, -0.2) is 21.9 Å². The molecule has 2 rings (SSSR count). The van der Waals surface area contributed by atoms with Crippen LogP contribution < -0.4 is 10.0 Å². The monoisotopic (exact) mass is 442 g/mol. The van der Waals surface area contributed by atoms with Crippen molar-refractivity contribution in [1.29, 1.82) is 0 Å². The fourth-order valence-corrected chi connectivity index (χ4v) is 3.36. The molecular formula is C16H12ClF5N2O3S. The van der Waals surface area contributed by atoms with Crippen molar-refractivity contribution in [3.8, 4) is 0 Å². The molecule has 0 atom stereocenters. The molecule has 0 heterocycles. The summed E-state index contributed by atoms with van der Waals surface area (Å²) in [7, 11) is -4.35. The van der Waals surface area contributed by atoms with Gasteiger partial charge in [0.1, 0.15) is 11.6 Å². The van der Waals surface area contributed by atoms with Gasteiger partial charge in [0.2, 0.25) is 15.9 Å². The first-order chi connectivity index (χ1) is 12.9. The molecule has 1 amide bonds. The third kappa shape index (κ3) is 5.63. The van der Waals surface area contributed by atoms with Crippen LogP contribution in [0.15, 0.2) is 41.3 Å². The molecule has 0 aliphatic carbocycles. The Balaban J connectivity index is 2.01. The van der Waals surface area contributed by atoms with E-state index in [4.69, 9.17) is 11.6 Å². The van der Waals surface area contributed by atoms with Crippen molar-refractivity contribution in [1.82, 2.24) is 4.72 Å². The Labute approximate surface area is 161 Å². The van der Waals surface area contributed by atoms with E-state index in [9.17, 15) is 35.2 Å². The van der Waals surface area contributed by atoms with Crippen LogP contribution in [-0.2, 0) is 21.0 Å². The molecule has 5 nitrogen and oxygen atoms in total. The van der Waals surface area contributed by atoms with E-state index in [1.807, 2.05) is 4.72 Å². The van der Waals surface area contributed by atoms with Crippen LogP contribution in [0.25, 0.3) is 0 Å². The fourth-order valence-electron chi connectivity index (χ4n) is 2.07. The first-order valence-electron chi connectivity index (χ1n) is 7.51. The average molecular weight is 443 g/mol. The molecule has 0 unspecified atom stereocenters. The maximum absolute atomic E-state index is 13.4. The van der Waals surface area contributed by atoms with Crippen LogP contribution in [-0.4, -0.2) is 20.9 Å². The summed E-state index contributed by atoms with van der Waals surface area (Å²) in [5.41, 5.74) is -1.62. The molecule has 0 aromatic heterocycles. The van der Waals surface area contributed by atoms with Crippen molar-refractivity contribution in [2.24, 2.45) is 0 Å². The Hall–Kier alpha value is -2.24. The lowest BCUT2D eigenvalue weighted by Gasteiger charge is -2.12. The maximum Gasteiger partial charge on any atom is 0.417 e. The summed E-state index contributed by atoms with van der Waals surface area (Å²) < 4.78 is 90.9. The Kier molecular flexibility index (Phi) is 6.63. The van der Waals surface area contributed by atoms with Gasteiger partial charge in [-0.3, -0.25) is 4.79 Å². The largest absolute Gasteiger partial charge is 0.417 e. The minimum Gasteiger partial charge on any atom is -0.324 e. The highest BCUT2D eigenvalue weighted by Crippen LogP contribution is 2.35. The third-order valence-corrected chi connectivity index (χ3v) is 5.19. The number of carbonyl (C=O) groups is 1. The Morgan fingerprint density at radius 3 is 2.36 bits per heavy atom. The summed E-state index contributed by atoms with van der Waals surface area (Å²) in [6.45, 7) is -0.471. The molecule has 0 fully saturated rings. The lowest BCUT2D eigenvalue weighted by atomic mass is 10.2. The molecule has 0 aliphatic heterocycles. The molecule has 0 spiro atoms. The van der Waals surface area contributed by atoms with Crippen LogP contribution in [0.3, 0.4) is 0 Å². The van der Waals surface area contributed by atoms with Crippen LogP contribution >= 0.6 is 11.6 Å². The number of anilines is 1. The van der Waals surface area contributed by atoms with E-state index < -0.39 is 62.2 Å². The minimum absolute atomic E-state index is 0.304. The molecular weight excluding hydrogens is 431 g/mol. The van der Waals surface area contributed by atoms with Crippen LogP contribution in [0.1, 0.15) is 12.0 Å². The number of hydrogen-bond acceptors (Lipinski definition) is 3. The number of benzene rings is 2. The maximum atomic E-state index is 13.4. The molecule has 0 radical (unpaired) electrons. The highest BCUT2D eigenvalue weighted by molar-refractivity contribution is 7.89. The van der Waals surface area contributed by atoms with Gasteiger partial charge in [-0.1, -0.05) is 11.6 Å². The van der Waals surface area contributed by atoms with E-state index in [1.165, 1.54) is 0 Å². The summed E-state index contributed by atoms with van der Waals surface area (Å²) >= 11 is 5.43. The number of nitrogens with one attached hydrogen (secondary N) is 2. The molecule has 152 valence electrons. The van der Waals surface area contributed by atoms with E-state index >= 15 is 0 Å². The Morgan fingerprint density at radius 2 is 1.75 bits per heavy atom. The van der Waals surface area contributed by atoms with Crippen LogP contribution in [0.2, 0.25) is 5.02 Å². The molecule has 0 bridgehead atoms. The van der Waals surface area contributed by atoms with Gasteiger partial charge in [-0.2, -0.15) is 13.2 Å². The van der Waals surface area contributed by atoms with E-state index in [1.54, 1.807) is 0 Å².